The zero-order chi connectivity index (χ0) is 17.4. The summed E-state index contributed by atoms with van der Waals surface area (Å²) in [5.41, 5.74) is -1.36. The number of rotatable bonds is 3. The van der Waals surface area contributed by atoms with E-state index in [2.05, 4.69) is 19.5 Å². The third-order valence-corrected chi connectivity index (χ3v) is 5.32. The number of nitrogens with one attached hydrogen (secondary N) is 2. The fraction of sp³-hybridized carbons (Fsp3) is 0.385. The van der Waals surface area contributed by atoms with Gasteiger partial charge in [-0.1, -0.05) is 11.6 Å². The van der Waals surface area contributed by atoms with E-state index in [0.29, 0.717) is 10.6 Å². The molecule has 0 saturated carbocycles. The summed E-state index contributed by atoms with van der Waals surface area (Å²) in [5.74, 6) is -1.78. The molecular formula is C13H15ClN2O6S. The van der Waals surface area contributed by atoms with Crippen LogP contribution in [-0.4, -0.2) is 40.2 Å². The minimum absolute atomic E-state index is 0.0798. The van der Waals surface area contributed by atoms with Gasteiger partial charge in [0, 0.05) is 5.02 Å². The molecule has 0 aliphatic carbocycles. The number of hydrogen-bond donors (Lipinski definition) is 2. The zero-order valence-corrected chi connectivity index (χ0v) is 14.2. The Morgan fingerprint density at radius 3 is 2.48 bits per heavy atom. The monoisotopic (exact) mass is 362 g/mol. The van der Waals surface area contributed by atoms with E-state index in [1.54, 1.807) is 6.92 Å². The smallest absolute Gasteiger partial charge is 0.348 e. The molecule has 0 radical (unpaired) electrons. The Labute approximate surface area is 138 Å². The summed E-state index contributed by atoms with van der Waals surface area (Å²) >= 11 is 6.02. The third-order valence-electron chi connectivity index (χ3n) is 3.38. The van der Waals surface area contributed by atoms with Crippen molar-refractivity contribution in [3.63, 3.8) is 0 Å². The summed E-state index contributed by atoms with van der Waals surface area (Å²) in [6.45, 7) is 1.65. The second kappa shape index (κ2) is 5.99. The van der Waals surface area contributed by atoms with E-state index >= 15 is 0 Å². The van der Waals surface area contributed by atoms with Gasteiger partial charge in [0.25, 0.3) is 0 Å². The van der Waals surface area contributed by atoms with Gasteiger partial charge in [-0.3, -0.25) is 4.79 Å². The van der Waals surface area contributed by atoms with E-state index in [0.717, 1.165) is 14.2 Å². The highest BCUT2D eigenvalue weighted by atomic mass is 35.5. The molecule has 1 aromatic rings. The van der Waals surface area contributed by atoms with Gasteiger partial charge in [-0.05, 0) is 24.6 Å². The predicted molar refractivity (Wildman–Crippen MR) is 81.5 cm³/mol. The molecule has 23 heavy (non-hydrogen) atoms. The molecule has 1 atom stereocenters. The summed E-state index contributed by atoms with van der Waals surface area (Å²) in [7, 11) is -1.88. The standard InChI is InChI=1S/C13H15ClN2O6S/c1-7-4-10-9(5-8(7)14)15-13(12(18)22-3,6-11(17)21-2)16-23(10,19)20/h4-5,15-16H,6H2,1-3H3. The van der Waals surface area contributed by atoms with E-state index in [-0.39, 0.29) is 10.6 Å². The highest BCUT2D eigenvalue weighted by Crippen LogP contribution is 2.35. The Morgan fingerprint density at radius 2 is 1.91 bits per heavy atom. The molecule has 0 spiro atoms. The highest BCUT2D eigenvalue weighted by Gasteiger charge is 2.50. The number of carbonyl (C=O) groups is 2. The molecular weight excluding hydrogens is 348 g/mol. The lowest BCUT2D eigenvalue weighted by Crippen LogP contribution is -2.63. The molecule has 0 fully saturated rings. The van der Waals surface area contributed by atoms with Crippen molar-refractivity contribution < 1.29 is 27.5 Å². The average Bonchev–Trinajstić information content (AvgIpc) is 2.47. The van der Waals surface area contributed by atoms with Crippen LogP contribution >= 0.6 is 11.6 Å². The molecule has 1 aliphatic heterocycles. The molecule has 1 aliphatic rings. The molecule has 1 aromatic carbocycles. The summed E-state index contributed by atoms with van der Waals surface area (Å²) in [4.78, 5) is 23.7. The second-order valence-electron chi connectivity index (χ2n) is 4.98. The van der Waals surface area contributed by atoms with E-state index in [1.165, 1.54) is 12.1 Å². The van der Waals surface area contributed by atoms with Crippen LogP contribution in [0.25, 0.3) is 0 Å². The van der Waals surface area contributed by atoms with E-state index in [4.69, 9.17) is 11.6 Å². The number of halogens is 1. The molecule has 0 amide bonds. The minimum Gasteiger partial charge on any atom is -0.469 e. The summed E-state index contributed by atoms with van der Waals surface area (Å²) in [6, 6.07) is 2.74. The number of esters is 2. The van der Waals surface area contributed by atoms with Crippen molar-refractivity contribution in [3.8, 4) is 0 Å². The topological polar surface area (TPSA) is 111 Å². The Morgan fingerprint density at radius 1 is 1.26 bits per heavy atom. The first kappa shape index (κ1) is 17.5. The maximum Gasteiger partial charge on any atom is 0.348 e. The Balaban J connectivity index is 2.62. The van der Waals surface area contributed by atoms with Crippen LogP contribution in [0.5, 0.6) is 0 Å². The number of ether oxygens (including phenoxy) is 2. The number of carbonyl (C=O) groups excluding carboxylic acids is 2. The summed E-state index contributed by atoms with van der Waals surface area (Å²) in [5, 5.41) is 3.01. The number of aryl methyl sites for hydroxylation is 1. The van der Waals surface area contributed by atoms with Crippen molar-refractivity contribution in [2.45, 2.75) is 23.9 Å². The fourth-order valence-electron chi connectivity index (χ4n) is 2.22. The number of hydrogen-bond acceptors (Lipinski definition) is 7. The van der Waals surface area contributed by atoms with Gasteiger partial charge in [0.05, 0.1) is 26.3 Å². The van der Waals surface area contributed by atoms with Crippen LogP contribution in [0, 0.1) is 6.92 Å². The molecule has 0 bridgehead atoms. The second-order valence-corrected chi connectivity index (χ2v) is 7.04. The maximum absolute atomic E-state index is 12.5. The Bertz CT molecular complexity index is 779. The third kappa shape index (κ3) is 3.12. The first-order chi connectivity index (χ1) is 10.6. The molecule has 1 heterocycles. The Hall–Kier alpha value is -1.84. The molecule has 1 unspecified atom stereocenters. The van der Waals surface area contributed by atoms with Crippen molar-refractivity contribution in [2.24, 2.45) is 0 Å². The van der Waals surface area contributed by atoms with Gasteiger partial charge in [0.15, 0.2) is 0 Å². The van der Waals surface area contributed by atoms with Gasteiger partial charge in [-0.15, -0.1) is 0 Å². The van der Waals surface area contributed by atoms with Gasteiger partial charge in [-0.2, -0.15) is 4.72 Å². The number of sulfonamides is 1. The first-order valence-electron chi connectivity index (χ1n) is 6.43. The molecule has 0 aromatic heterocycles. The van der Waals surface area contributed by atoms with Gasteiger partial charge in [-0.25, -0.2) is 13.2 Å². The molecule has 2 N–H and O–H groups in total. The lowest BCUT2D eigenvalue weighted by molar-refractivity contribution is -0.153. The van der Waals surface area contributed by atoms with Crippen molar-refractivity contribution in [1.29, 1.82) is 0 Å². The molecule has 10 heteroatoms. The maximum atomic E-state index is 12.5. The lowest BCUT2D eigenvalue weighted by Gasteiger charge is -2.37. The lowest BCUT2D eigenvalue weighted by atomic mass is 10.1. The normalized spacial score (nSPS) is 21.7. The fourth-order valence-corrected chi connectivity index (χ4v) is 3.89. The average molecular weight is 363 g/mol. The van der Waals surface area contributed by atoms with Crippen LogP contribution < -0.4 is 10.0 Å². The van der Waals surface area contributed by atoms with Crippen LogP contribution in [0.1, 0.15) is 12.0 Å². The largest absolute Gasteiger partial charge is 0.469 e. The quantitative estimate of drug-likeness (QED) is 0.764. The van der Waals surface area contributed by atoms with Crippen molar-refractivity contribution in [1.82, 2.24) is 4.72 Å². The first-order valence-corrected chi connectivity index (χ1v) is 8.29. The minimum atomic E-state index is -4.08. The van der Waals surface area contributed by atoms with Gasteiger partial charge in [0.1, 0.15) is 4.90 Å². The van der Waals surface area contributed by atoms with E-state index < -0.39 is 34.0 Å². The van der Waals surface area contributed by atoms with Crippen LogP contribution in [0.3, 0.4) is 0 Å². The SMILES string of the molecule is COC(=O)CC1(C(=O)OC)Nc2cc(Cl)c(C)cc2S(=O)(=O)N1. The Kier molecular flexibility index (Phi) is 4.56. The molecule has 0 saturated heterocycles. The van der Waals surface area contributed by atoms with E-state index in [1.807, 2.05) is 0 Å². The highest BCUT2D eigenvalue weighted by molar-refractivity contribution is 7.89. The number of fused-ring (bicyclic) bond motifs is 1. The molecule has 126 valence electrons. The van der Waals surface area contributed by atoms with E-state index in [9.17, 15) is 18.0 Å². The van der Waals surface area contributed by atoms with Crippen LogP contribution in [0.15, 0.2) is 17.0 Å². The number of methoxy groups -OCH3 is 2. The zero-order valence-electron chi connectivity index (χ0n) is 12.6. The van der Waals surface area contributed by atoms with Gasteiger partial charge in [0.2, 0.25) is 15.7 Å². The van der Waals surface area contributed by atoms with Crippen LogP contribution in [0.4, 0.5) is 5.69 Å². The van der Waals surface area contributed by atoms with Crippen molar-refractivity contribution in [3.05, 3.63) is 22.7 Å². The number of benzene rings is 1. The van der Waals surface area contributed by atoms with Gasteiger partial charge >= 0.3 is 11.9 Å². The summed E-state index contributed by atoms with van der Waals surface area (Å²) < 4.78 is 36.3. The molecule has 2 rings (SSSR count). The van der Waals surface area contributed by atoms with Crippen molar-refractivity contribution in [2.75, 3.05) is 19.5 Å². The van der Waals surface area contributed by atoms with Crippen LogP contribution in [-0.2, 0) is 29.1 Å². The summed E-state index contributed by atoms with van der Waals surface area (Å²) in [6.07, 6.45) is -0.597. The van der Waals surface area contributed by atoms with Crippen LogP contribution in [0.2, 0.25) is 5.02 Å². The number of anilines is 1. The predicted octanol–water partition coefficient (Wildman–Crippen LogP) is 0.785. The molecule has 8 nitrogen and oxygen atoms in total. The van der Waals surface area contributed by atoms with Crippen molar-refractivity contribution >= 4 is 39.3 Å². The van der Waals surface area contributed by atoms with Gasteiger partial charge < -0.3 is 14.8 Å².